The highest BCUT2D eigenvalue weighted by Crippen LogP contribution is 2.21. The summed E-state index contributed by atoms with van der Waals surface area (Å²) in [4.78, 5) is 16.1. The fourth-order valence-electron chi connectivity index (χ4n) is 2.15. The van der Waals surface area contributed by atoms with Gasteiger partial charge in [-0.2, -0.15) is 5.10 Å². The number of aromatic nitrogens is 3. The molecule has 0 aliphatic heterocycles. The Morgan fingerprint density at radius 2 is 2.12 bits per heavy atom. The SMILES string of the molecule is Cc1cc(OCC(=O)Nc2ccccc2-n2cncn2)ccc1Cl. The topological polar surface area (TPSA) is 69.0 Å². The summed E-state index contributed by atoms with van der Waals surface area (Å²) in [6.45, 7) is 1.77. The highest BCUT2D eigenvalue weighted by molar-refractivity contribution is 6.31. The van der Waals surface area contributed by atoms with Crippen LogP contribution in [0.4, 0.5) is 5.69 Å². The number of nitrogens with one attached hydrogen (secondary N) is 1. The van der Waals surface area contributed by atoms with Crippen LogP contribution < -0.4 is 10.1 Å². The molecule has 0 bridgehead atoms. The highest BCUT2D eigenvalue weighted by Gasteiger charge is 2.09. The van der Waals surface area contributed by atoms with Crippen molar-refractivity contribution in [2.75, 3.05) is 11.9 Å². The minimum Gasteiger partial charge on any atom is -0.484 e. The Bertz CT molecular complexity index is 850. The van der Waals surface area contributed by atoms with Gasteiger partial charge in [-0.15, -0.1) is 0 Å². The summed E-state index contributed by atoms with van der Waals surface area (Å²) < 4.78 is 7.08. The summed E-state index contributed by atoms with van der Waals surface area (Å²) in [5.74, 6) is 0.326. The molecule has 0 aliphatic rings. The number of halogens is 1. The van der Waals surface area contributed by atoms with Crippen molar-refractivity contribution in [3.05, 3.63) is 65.7 Å². The van der Waals surface area contributed by atoms with E-state index in [1.165, 1.54) is 6.33 Å². The van der Waals surface area contributed by atoms with Gasteiger partial charge in [-0.05, 0) is 42.8 Å². The smallest absolute Gasteiger partial charge is 0.262 e. The second-order valence-electron chi connectivity index (χ2n) is 5.11. The fraction of sp³-hybridized carbons (Fsp3) is 0.118. The Kier molecular flexibility index (Phi) is 4.77. The molecule has 6 nitrogen and oxygen atoms in total. The lowest BCUT2D eigenvalue weighted by atomic mass is 10.2. The van der Waals surface area contributed by atoms with Crippen molar-refractivity contribution in [2.45, 2.75) is 6.92 Å². The molecule has 0 aliphatic carbocycles. The van der Waals surface area contributed by atoms with Crippen LogP contribution in [0, 0.1) is 6.92 Å². The van der Waals surface area contributed by atoms with Crippen molar-refractivity contribution >= 4 is 23.2 Å². The number of aryl methyl sites for hydroxylation is 1. The van der Waals surface area contributed by atoms with Gasteiger partial charge in [-0.1, -0.05) is 23.7 Å². The zero-order valence-electron chi connectivity index (χ0n) is 12.9. The Hall–Kier alpha value is -2.86. The second-order valence-corrected chi connectivity index (χ2v) is 5.51. The number of hydrogen-bond donors (Lipinski definition) is 1. The van der Waals surface area contributed by atoms with Crippen LogP contribution in [0.1, 0.15) is 5.56 Å². The number of amides is 1. The highest BCUT2D eigenvalue weighted by atomic mass is 35.5. The van der Waals surface area contributed by atoms with Crippen LogP contribution in [0.2, 0.25) is 5.02 Å². The molecule has 0 atom stereocenters. The standard InChI is InChI=1S/C17H15ClN4O2/c1-12-8-13(6-7-14(12)18)24-9-17(23)21-15-4-2-3-5-16(15)22-11-19-10-20-22/h2-8,10-11H,9H2,1H3,(H,21,23). The first-order valence-corrected chi connectivity index (χ1v) is 7.64. The van der Waals surface area contributed by atoms with Crippen LogP contribution >= 0.6 is 11.6 Å². The van der Waals surface area contributed by atoms with Crippen LogP contribution in [0.5, 0.6) is 5.75 Å². The summed E-state index contributed by atoms with van der Waals surface area (Å²) in [6, 6.07) is 12.6. The Morgan fingerprint density at radius 3 is 2.88 bits per heavy atom. The number of para-hydroxylation sites is 2. The van der Waals surface area contributed by atoms with Crippen molar-refractivity contribution < 1.29 is 9.53 Å². The lowest BCUT2D eigenvalue weighted by Gasteiger charge is -2.11. The third kappa shape index (κ3) is 3.72. The van der Waals surface area contributed by atoms with Gasteiger partial charge < -0.3 is 10.1 Å². The van der Waals surface area contributed by atoms with Gasteiger partial charge in [-0.3, -0.25) is 4.79 Å². The van der Waals surface area contributed by atoms with Crippen LogP contribution in [0.3, 0.4) is 0 Å². The van der Waals surface area contributed by atoms with Gasteiger partial charge in [0.15, 0.2) is 6.61 Å². The monoisotopic (exact) mass is 342 g/mol. The zero-order valence-corrected chi connectivity index (χ0v) is 13.7. The zero-order chi connectivity index (χ0) is 16.9. The van der Waals surface area contributed by atoms with Crippen molar-refractivity contribution in [3.63, 3.8) is 0 Å². The Balaban J connectivity index is 1.66. The molecular formula is C17H15ClN4O2. The molecule has 1 heterocycles. The van der Waals surface area contributed by atoms with Gasteiger partial charge in [0.05, 0.1) is 11.4 Å². The molecule has 7 heteroatoms. The molecule has 0 saturated carbocycles. The minimum atomic E-state index is -0.268. The largest absolute Gasteiger partial charge is 0.484 e. The summed E-state index contributed by atoms with van der Waals surface area (Å²) in [5.41, 5.74) is 2.25. The van der Waals surface area contributed by atoms with Crippen LogP contribution in [-0.2, 0) is 4.79 Å². The van der Waals surface area contributed by atoms with Gasteiger partial charge >= 0.3 is 0 Å². The van der Waals surface area contributed by atoms with E-state index in [0.717, 1.165) is 11.3 Å². The number of carbonyl (C=O) groups is 1. The molecule has 1 aromatic heterocycles. The van der Waals surface area contributed by atoms with Crippen molar-refractivity contribution in [1.29, 1.82) is 0 Å². The maximum absolute atomic E-state index is 12.2. The first kappa shape index (κ1) is 16.0. The van der Waals surface area contributed by atoms with E-state index in [1.807, 2.05) is 25.1 Å². The molecule has 2 aromatic carbocycles. The molecule has 0 saturated heterocycles. The number of ether oxygens (including phenoxy) is 1. The Labute approximate surface area is 144 Å². The van der Waals surface area contributed by atoms with E-state index in [0.29, 0.717) is 16.5 Å². The van der Waals surface area contributed by atoms with E-state index in [4.69, 9.17) is 16.3 Å². The van der Waals surface area contributed by atoms with E-state index < -0.39 is 0 Å². The first-order chi connectivity index (χ1) is 11.6. The van der Waals surface area contributed by atoms with Crippen LogP contribution in [0.15, 0.2) is 55.1 Å². The summed E-state index contributed by atoms with van der Waals surface area (Å²) in [7, 11) is 0. The minimum absolute atomic E-state index is 0.104. The molecule has 24 heavy (non-hydrogen) atoms. The summed E-state index contributed by atoms with van der Waals surface area (Å²) in [5, 5.41) is 7.55. The molecular weight excluding hydrogens is 328 g/mol. The molecule has 1 N–H and O–H groups in total. The summed E-state index contributed by atoms with van der Waals surface area (Å²) in [6.07, 6.45) is 3.00. The quantitative estimate of drug-likeness (QED) is 0.772. The number of benzene rings is 2. The van der Waals surface area contributed by atoms with Gasteiger partial charge in [0.2, 0.25) is 0 Å². The number of anilines is 1. The van der Waals surface area contributed by atoms with Crippen molar-refractivity contribution in [1.82, 2.24) is 14.8 Å². The fourth-order valence-corrected chi connectivity index (χ4v) is 2.27. The third-order valence-corrected chi connectivity index (χ3v) is 3.77. The van der Waals surface area contributed by atoms with Gasteiger partial charge in [0, 0.05) is 5.02 Å². The number of nitrogens with zero attached hydrogens (tertiary/aromatic N) is 3. The van der Waals surface area contributed by atoms with E-state index in [1.54, 1.807) is 35.3 Å². The average molecular weight is 343 g/mol. The molecule has 0 fully saturated rings. The number of hydrogen-bond acceptors (Lipinski definition) is 4. The lowest BCUT2D eigenvalue weighted by molar-refractivity contribution is -0.118. The number of carbonyl (C=O) groups excluding carboxylic acids is 1. The predicted octanol–water partition coefficient (Wildman–Crippen LogP) is 3.25. The van der Waals surface area contributed by atoms with Crippen LogP contribution in [-0.4, -0.2) is 27.3 Å². The first-order valence-electron chi connectivity index (χ1n) is 7.26. The lowest BCUT2D eigenvalue weighted by Crippen LogP contribution is -2.21. The van der Waals surface area contributed by atoms with Crippen molar-refractivity contribution in [3.8, 4) is 11.4 Å². The van der Waals surface area contributed by atoms with Gasteiger partial charge in [0.25, 0.3) is 5.91 Å². The van der Waals surface area contributed by atoms with E-state index >= 15 is 0 Å². The third-order valence-electron chi connectivity index (χ3n) is 3.34. The van der Waals surface area contributed by atoms with Crippen molar-refractivity contribution in [2.24, 2.45) is 0 Å². The Morgan fingerprint density at radius 1 is 1.29 bits per heavy atom. The average Bonchev–Trinajstić information content (AvgIpc) is 3.11. The molecule has 1 amide bonds. The maximum Gasteiger partial charge on any atom is 0.262 e. The molecule has 3 rings (SSSR count). The maximum atomic E-state index is 12.2. The second kappa shape index (κ2) is 7.14. The normalized spacial score (nSPS) is 10.4. The molecule has 3 aromatic rings. The molecule has 0 unspecified atom stereocenters. The molecule has 122 valence electrons. The predicted molar refractivity (Wildman–Crippen MR) is 91.7 cm³/mol. The summed E-state index contributed by atoms with van der Waals surface area (Å²) >= 11 is 5.97. The molecule has 0 spiro atoms. The van der Waals surface area contributed by atoms with E-state index in [2.05, 4.69) is 15.4 Å². The number of rotatable bonds is 5. The van der Waals surface area contributed by atoms with E-state index in [9.17, 15) is 4.79 Å². The van der Waals surface area contributed by atoms with Crippen LogP contribution in [0.25, 0.3) is 5.69 Å². The van der Waals surface area contributed by atoms with Gasteiger partial charge in [0.1, 0.15) is 18.4 Å². The van der Waals surface area contributed by atoms with Gasteiger partial charge in [-0.25, -0.2) is 9.67 Å². The van der Waals surface area contributed by atoms with E-state index in [-0.39, 0.29) is 12.5 Å². The molecule has 0 radical (unpaired) electrons.